The smallest absolute Gasteiger partial charge is 0.0742 e. The number of aryl methyl sites for hydroxylation is 4. The lowest BCUT2D eigenvalue weighted by molar-refractivity contribution is 0.730. The van der Waals surface area contributed by atoms with E-state index in [1.54, 1.807) is 0 Å². The third kappa shape index (κ3) is 8.42. The Kier molecular flexibility index (Phi) is 12.1. The van der Waals surface area contributed by atoms with E-state index in [-0.39, 0.29) is 0 Å². The van der Waals surface area contributed by atoms with E-state index in [0.717, 1.165) is 51.2 Å². The molecule has 1 aliphatic rings. The molecule has 11 aromatic carbocycles. The minimum Gasteiger partial charge on any atom is -0.311 e. The van der Waals surface area contributed by atoms with Crippen LogP contribution in [0.1, 0.15) is 44.5 Å². The topological polar surface area (TPSA) is 9.72 Å². The molecule has 0 aliphatic carbocycles. The van der Waals surface area contributed by atoms with Gasteiger partial charge >= 0.3 is 0 Å². The Morgan fingerprint density at radius 3 is 1.03 bits per heavy atom. The average Bonchev–Trinajstić information content (AvgIpc) is 3.46. The van der Waals surface area contributed by atoms with Crippen LogP contribution >= 0.6 is 0 Å². The third-order valence-corrected chi connectivity index (χ3v) is 14.8. The highest BCUT2D eigenvalue weighted by molar-refractivity contribution is 5.90. The normalized spacial score (nSPS) is 12.4. The molecule has 0 spiro atoms. The molecule has 74 heavy (non-hydrogen) atoms. The molecule has 12 rings (SSSR count). The van der Waals surface area contributed by atoms with Crippen molar-refractivity contribution in [1.82, 2.24) is 0 Å². The molecule has 0 unspecified atom stereocenters. The quantitative estimate of drug-likeness (QED) is 0.128. The molecule has 0 saturated carbocycles. The summed E-state index contributed by atoms with van der Waals surface area (Å²) in [5.74, 6) is 0. The fourth-order valence-electron chi connectivity index (χ4n) is 11.0. The van der Waals surface area contributed by atoms with Crippen LogP contribution in [-0.4, -0.2) is 0 Å². The summed E-state index contributed by atoms with van der Waals surface area (Å²) in [5, 5.41) is 0. The minimum atomic E-state index is -0.714. The fraction of sp³-hybridized carbons (Fsp3) is 0.0704. The second kappa shape index (κ2) is 19.4. The van der Waals surface area contributed by atoms with E-state index in [4.69, 9.17) is 0 Å². The molecule has 0 aromatic heterocycles. The highest BCUT2D eigenvalue weighted by atomic mass is 15.2. The Balaban J connectivity index is 1.04. The Hall–Kier alpha value is -9.18. The fourth-order valence-corrected chi connectivity index (χ4v) is 11.0. The lowest BCUT2D eigenvalue weighted by Gasteiger charge is -2.47. The van der Waals surface area contributed by atoms with Crippen LogP contribution in [0.3, 0.4) is 0 Å². The van der Waals surface area contributed by atoms with Gasteiger partial charge in [-0.05, 0) is 169 Å². The first-order valence-corrected chi connectivity index (χ1v) is 25.6. The summed E-state index contributed by atoms with van der Waals surface area (Å²) in [7, 11) is 0. The van der Waals surface area contributed by atoms with Crippen LogP contribution in [0.25, 0.3) is 22.3 Å². The second-order valence-corrected chi connectivity index (χ2v) is 19.7. The Bertz CT molecular complexity index is 3520. The minimum absolute atomic E-state index is 0.714. The number of nitrogens with zero attached hydrogens (tertiary/aromatic N) is 3. The van der Waals surface area contributed by atoms with E-state index < -0.39 is 5.41 Å². The van der Waals surface area contributed by atoms with Gasteiger partial charge in [-0.2, -0.15) is 0 Å². The van der Waals surface area contributed by atoms with Gasteiger partial charge < -0.3 is 14.7 Å². The maximum Gasteiger partial charge on any atom is 0.0742 e. The van der Waals surface area contributed by atoms with E-state index in [0.29, 0.717) is 0 Å². The van der Waals surface area contributed by atoms with Crippen molar-refractivity contribution in [2.45, 2.75) is 33.1 Å². The molecular weight excluding hydrogens is 895 g/mol. The van der Waals surface area contributed by atoms with Crippen molar-refractivity contribution in [3.05, 3.63) is 317 Å². The van der Waals surface area contributed by atoms with Crippen molar-refractivity contribution in [2.75, 3.05) is 14.7 Å². The van der Waals surface area contributed by atoms with Crippen LogP contribution in [0.2, 0.25) is 0 Å². The largest absolute Gasteiger partial charge is 0.311 e. The molecule has 0 atom stereocenters. The Morgan fingerprint density at radius 2 is 0.595 bits per heavy atom. The molecule has 11 aromatic rings. The number of anilines is 9. The predicted octanol–water partition coefficient (Wildman–Crippen LogP) is 19.4. The monoisotopic (exact) mass is 951 g/mol. The van der Waals surface area contributed by atoms with Gasteiger partial charge in [0.25, 0.3) is 0 Å². The average molecular weight is 952 g/mol. The Morgan fingerprint density at radius 1 is 0.270 bits per heavy atom. The van der Waals surface area contributed by atoms with E-state index in [2.05, 4.69) is 315 Å². The van der Waals surface area contributed by atoms with Gasteiger partial charge in [-0.1, -0.05) is 198 Å². The Labute approximate surface area is 436 Å². The zero-order valence-corrected chi connectivity index (χ0v) is 42.3. The number of fused-ring (bicyclic) bond motifs is 2. The lowest BCUT2D eigenvalue weighted by atomic mass is 9.62. The predicted molar refractivity (Wildman–Crippen MR) is 312 cm³/mol. The molecule has 3 heteroatoms. The first kappa shape index (κ1) is 45.9. The van der Waals surface area contributed by atoms with Crippen LogP contribution in [0, 0.1) is 27.7 Å². The van der Waals surface area contributed by atoms with Crippen molar-refractivity contribution in [3.63, 3.8) is 0 Å². The van der Waals surface area contributed by atoms with Crippen molar-refractivity contribution in [3.8, 4) is 22.3 Å². The molecular formula is C71H57N3. The van der Waals surface area contributed by atoms with Crippen molar-refractivity contribution in [1.29, 1.82) is 0 Å². The van der Waals surface area contributed by atoms with E-state index in [1.807, 2.05) is 0 Å². The molecule has 0 radical (unpaired) electrons. The summed E-state index contributed by atoms with van der Waals surface area (Å²) in [6.45, 7) is 8.67. The van der Waals surface area contributed by atoms with E-state index in [9.17, 15) is 0 Å². The molecule has 0 fully saturated rings. The molecule has 1 aliphatic heterocycles. The maximum absolute atomic E-state index is 2.46. The maximum atomic E-state index is 2.46. The molecule has 0 saturated heterocycles. The van der Waals surface area contributed by atoms with Gasteiger partial charge in [0.15, 0.2) is 0 Å². The number of para-hydroxylation sites is 1. The van der Waals surface area contributed by atoms with Gasteiger partial charge in [0.2, 0.25) is 0 Å². The SMILES string of the molecule is Cc1ccc(N(c2ccc(-c3ccccc3)cc2)c2ccc(C3(c4ccc(N(c5ccc(C)cc5)c5ccc(-c6ccccc6)cc5)cc4)c4ccccc4N(c4ccc(C)cc4)c4ccc(C)cc43)cc2)cc1. The van der Waals surface area contributed by atoms with Crippen molar-refractivity contribution >= 4 is 51.2 Å². The van der Waals surface area contributed by atoms with Gasteiger partial charge in [-0.3, -0.25) is 0 Å². The summed E-state index contributed by atoms with van der Waals surface area (Å²) in [5.41, 5.74) is 23.8. The molecule has 0 amide bonds. The molecule has 0 N–H and O–H groups in total. The zero-order valence-electron chi connectivity index (χ0n) is 42.3. The molecule has 356 valence electrons. The standard InChI is InChI=1S/C71H57N3/c1-50-19-34-60(35-20-50)72(62-40-26-56(27-41-62)54-13-7-5-8-14-54)64-44-30-58(31-45-64)71(67-17-11-12-18-69(67)74(66-38-23-52(3)24-39-66)70-48-25-53(4)49-68(70)71)59-32-46-65(47-33-59)73(61-36-21-51(2)22-37-61)63-42-28-57(29-43-63)55-15-9-6-10-16-55/h5-49H,1-4H3. The number of hydrogen-bond donors (Lipinski definition) is 0. The summed E-state index contributed by atoms with van der Waals surface area (Å²) in [4.78, 5) is 7.20. The first-order chi connectivity index (χ1) is 36.3. The first-order valence-electron chi connectivity index (χ1n) is 25.6. The lowest BCUT2D eigenvalue weighted by Crippen LogP contribution is -2.38. The molecule has 0 bridgehead atoms. The van der Waals surface area contributed by atoms with Crippen LogP contribution in [0.4, 0.5) is 51.2 Å². The van der Waals surface area contributed by atoms with Crippen LogP contribution < -0.4 is 14.7 Å². The van der Waals surface area contributed by atoms with Crippen LogP contribution in [0.5, 0.6) is 0 Å². The van der Waals surface area contributed by atoms with Gasteiger partial charge in [0.05, 0.1) is 16.8 Å². The van der Waals surface area contributed by atoms with E-state index in [1.165, 1.54) is 66.8 Å². The number of hydrogen-bond acceptors (Lipinski definition) is 3. The van der Waals surface area contributed by atoms with Crippen molar-refractivity contribution in [2.24, 2.45) is 0 Å². The highest BCUT2D eigenvalue weighted by Crippen LogP contribution is 2.58. The number of benzene rings is 11. The summed E-state index contributed by atoms with van der Waals surface area (Å²) in [6, 6.07) is 101. The molecule has 1 heterocycles. The molecule has 3 nitrogen and oxygen atoms in total. The highest BCUT2D eigenvalue weighted by Gasteiger charge is 2.46. The summed E-state index contributed by atoms with van der Waals surface area (Å²) < 4.78 is 0. The second-order valence-electron chi connectivity index (χ2n) is 19.7. The van der Waals surface area contributed by atoms with Gasteiger partial charge in [-0.15, -0.1) is 0 Å². The van der Waals surface area contributed by atoms with Crippen molar-refractivity contribution < 1.29 is 0 Å². The summed E-state index contributed by atoms with van der Waals surface area (Å²) in [6.07, 6.45) is 0. The number of rotatable bonds is 11. The van der Waals surface area contributed by atoms with Gasteiger partial charge in [0, 0.05) is 39.8 Å². The van der Waals surface area contributed by atoms with Gasteiger partial charge in [-0.25, -0.2) is 0 Å². The summed E-state index contributed by atoms with van der Waals surface area (Å²) >= 11 is 0. The zero-order chi connectivity index (χ0) is 50.2. The van der Waals surface area contributed by atoms with E-state index >= 15 is 0 Å². The third-order valence-electron chi connectivity index (χ3n) is 14.8. The van der Waals surface area contributed by atoms with Crippen LogP contribution in [0.15, 0.2) is 273 Å². The van der Waals surface area contributed by atoms with Gasteiger partial charge in [0.1, 0.15) is 0 Å². The van der Waals surface area contributed by atoms with Crippen LogP contribution in [-0.2, 0) is 5.41 Å².